The Morgan fingerprint density at radius 2 is 1.47 bits per heavy atom. The Morgan fingerprint density at radius 1 is 1.00 bits per heavy atom. The van der Waals surface area contributed by atoms with Gasteiger partial charge in [0.15, 0.2) is 11.5 Å². The number of carboxylic acids is 2. The van der Waals surface area contributed by atoms with E-state index in [1.807, 2.05) is 0 Å². The molecule has 0 heterocycles. The summed E-state index contributed by atoms with van der Waals surface area (Å²) in [6.07, 6.45) is 0.716. The number of carbonyl (C=O) groups is 2. The minimum Gasteiger partial charge on any atom is -0.504 e. The standard InChI is InChI=1S/C8H11NO2.C2H2O4.2H3N/c9-4-3-6-1-2-7(10)8(11)5-6;3-1(4)2(5)6;;/h1-2,5,10-11H,3-4,9H2;(H,3,4)(H,5,6);2*1H3. The van der Waals surface area contributed by atoms with Gasteiger partial charge in [-0.2, -0.15) is 0 Å². The van der Waals surface area contributed by atoms with Crippen molar-refractivity contribution in [2.24, 2.45) is 5.73 Å². The normalized spacial score (nSPS) is 8.05. The fourth-order valence-electron chi connectivity index (χ4n) is 0.891. The first-order valence-electron chi connectivity index (χ1n) is 4.55. The number of benzene rings is 1. The van der Waals surface area contributed by atoms with E-state index in [-0.39, 0.29) is 23.8 Å². The highest BCUT2D eigenvalue weighted by Gasteiger charge is 2.04. The van der Waals surface area contributed by atoms with Crippen LogP contribution >= 0.6 is 0 Å². The highest BCUT2D eigenvalue weighted by molar-refractivity contribution is 6.27. The summed E-state index contributed by atoms with van der Waals surface area (Å²) in [4.78, 5) is 18.2. The summed E-state index contributed by atoms with van der Waals surface area (Å²) < 4.78 is 0. The van der Waals surface area contributed by atoms with Crippen LogP contribution in [0.15, 0.2) is 18.2 Å². The van der Waals surface area contributed by atoms with Crippen LogP contribution in [-0.2, 0) is 16.0 Å². The van der Waals surface area contributed by atoms with Gasteiger partial charge in [0.25, 0.3) is 0 Å². The summed E-state index contributed by atoms with van der Waals surface area (Å²) in [6, 6.07) is 4.71. The molecule has 12 N–H and O–H groups in total. The fourth-order valence-corrected chi connectivity index (χ4v) is 0.891. The van der Waals surface area contributed by atoms with Gasteiger partial charge < -0.3 is 38.5 Å². The Kier molecular flexibility index (Phi) is 12.4. The van der Waals surface area contributed by atoms with Gasteiger partial charge in [-0.15, -0.1) is 0 Å². The predicted octanol–water partition coefficient (Wildman–Crippen LogP) is 0.0786. The molecule has 0 aliphatic rings. The van der Waals surface area contributed by atoms with E-state index in [0.29, 0.717) is 13.0 Å². The molecule has 0 bridgehead atoms. The van der Waals surface area contributed by atoms with Gasteiger partial charge in [0, 0.05) is 0 Å². The van der Waals surface area contributed by atoms with E-state index in [1.54, 1.807) is 6.07 Å². The van der Waals surface area contributed by atoms with E-state index in [1.165, 1.54) is 12.1 Å². The lowest BCUT2D eigenvalue weighted by Gasteiger charge is -2.00. The highest BCUT2D eigenvalue weighted by atomic mass is 16.4. The average molecular weight is 277 g/mol. The van der Waals surface area contributed by atoms with Crippen LogP contribution in [0.25, 0.3) is 0 Å². The van der Waals surface area contributed by atoms with Crippen molar-refractivity contribution in [2.75, 3.05) is 6.54 Å². The first kappa shape index (κ1) is 21.9. The molecule has 0 spiro atoms. The first-order chi connectivity index (χ1) is 7.88. The molecule has 0 saturated carbocycles. The van der Waals surface area contributed by atoms with E-state index in [9.17, 15) is 0 Å². The maximum Gasteiger partial charge on any atom is 0.414 e. The van der Waals surface area contributed by atoms with Gasteiger partial charge in [-0.05, 0) is 30.7 Å². The molecule has 0 aliphatic carbocycles. The fraction of sp³-hybridized carbons (Fsp3) is 0.200. The Hall–Kier alpha value is -2.36. The lowest BCUT2D eigenvalue weighted by Crippen LogP contribution is -2.09. The SMILES string of the molecule is N.N.NCCc1ccc(O)c(O)c1.O=C(O)C(=O)O. The van der Waals surface area contributed by atoms with Gasteiger partial charge in [0.1, 0.15) is 0 Å². The van der Waals surface area contributed by atoms with Gasteiger partial charge >= 0.3 is 11.9 Å². The zero-order chi connectivity index (χ0) is 13.4. The van der Waals surface area contributed by atoms with Crippen LogP contribution in [0.5, 0.6) is 11.5 Å². The van der Waals surface area contributed by atoms with E-state index in [0.717, 1.165) is 5.56 Å². The van der Waals surface area contributed by atoms with Crippen molar-refractivity contribution in [3.8, 4) is 11.5 Å². The van der Waals surface area contributed by atoms with Crippen molar-refractivity contribution >= 4 is 11.9 Å². The molecule has 0 aromatic heterocycles. The molecule has 19 heavy (non-hydrogen) atoms. The zero-order valence-corrected chi connectivity index (χ0v) is 10.2. The van der Waals surface area contributed by atoms with Crippen molar-refractivity contribution in [3.05, 3.63) is 23.8 Å². The summed E-state index contributed by atoms with van der Waals surface area (Å²) >= 11 is 0. The van der Waals surface area contributed by atoms with Crippen molar-refractivity contribution in [2.45, 2.75) is 6.42 Å². The minimum absolute atomic E-state index is 0. The minimum atomic E-state index is -1.82. The van der Waals surface area contributed by atoms with E-state index < -0.39 is 11.9 Å². The molecule has 110 valence electrons. The van der Waals surface area contributed by atoms with E-state index in [2.05, 4.69) is 0 Å². The van der Waals surface area contributed by atoms with Crippen LogP contribution in [-0.4, -0.2) is 38.9 Å². The second-order valence-electron chi connectivity index (χ2n) is 2.97. The molecule has 0 fully saturated rings. The van der Waals surface area contributed by atoms with Crippen LogP contribution in [0, 0.1) is 0 Å². The summed E-state index contributed by atoms with van der Waals surface area (Å²) in [5.41, 5.74) is 6.24. The summed E-state index contributed by atoms with van der Waals surface area (Å²) in [5.74, 6) is -3.83. The lowest BCUT2D eigenvalue weighted by atomic mass is 10.1. The number of nitrogens with two attached hydrogens (primary N) is 1. The molecule has 0 aliphatic heterocycles. The number of phenolic OH excluding ortho intramolecular Hbond substituents is 2. The predicted molar refractivity (Wildman–Crippen MR) is 67.8 cm³/mol. The Morgan fingerprint density at radius 3 is 1.79 bits per heavy atom. The van der Waals surface area contributed by atoms with Gasteiger partial charge in [-0.3, -0.25) is 0 Å². The van der Waals surface area contributed by atoms with Crippen LogP contribution in [0.4, 0.5) is 0 Å². The summed E-state index contributed by atoms with van der Waals surface area (Å²) in [7, 11) is 0. The second kappa shape index (κ2) is 10.8. The number of carboxylic acid groups (broad SMARTS) is 2. The topological polar surface area (TPSA) is 211 Å². The van der Waals surface area contributed by atoms with Gasteiger partial charge in [0.05, 0.1) is 0 Å². The summed E-state index contributed by atoms with van der Waals surface area (Å²) in [6.45, 7) is 0.546. The molecule has 0 amide bonds. The zero-order valence-electron chi connectivity index (χ0n) is 10.2. The van der Waals surface area contributed by atoms with Crippen molar-refractivity contribution in [1.29, 1.82) is 0 Å². The van der Waals surface area contributed by atoms with Crippen molar-refractivity contribution < 1.29 is 30.0 Å². The third-order valence-electron chi connectivity index (χ3n) is 1.66. The van der Waals surface area contributed by atoms with Crippen molar-refractivity contribution in [3.63, 3.8) is 0 Å². The number of hydrogen-bond acceptors (Lipinski definition) is 7. The molecule has 9 nitrogen and oxygen atoms in total. The van der Waals surface area contributed by atoms with E-state index in [4.69, 9.17) is 35.7 Å². The van der Waals surface area contributed by atoms with Crippen LogP contribution in [0.3, 0.4) is 0 Å². The quantitative estimate of drug-likeness (QED) is 0.287. The lowest BCUT2D eigenvalue weighted by molar-refractivity contribution is -0.159. The van der Waals surface area contributed by atoms with Crippen LogP contribution in [0.1, 0.15) is 5.56 Å². The number of aliphatic carboxylic acids is 2. The number of aromatic hydroxyl groups is 2. The maximum atomic E-state index is 9.10. The van der Waals surface area contributed by atoms with Crippen LogP contribution in [0.2, 0.25) is 0 Å². The molecule has 0 radical (unpaired) electrons. The number of hydrogen-bond donors (Lipinski definition) is 7. The average Bonchev–Trinajstić information content (AvgIpc) is 2.25. The molecular weight excluding hydrogens is 258 g/mol. The first-order valence-corrected chi connectivity index (χ1v) is 4.55. The number of phenols is 2. The Bertz CT molecular complexity index is 398. The van der Waals surface area contributed by atoms with E-state index >= 15 is 0 Å². The van der Waals surface area contributed by atoms with Crippen LogP contribution < -0.4 is 18.0 Å². The molecule has 1 aromatic carbocycles. The van der Waals surface area contributed by atoms with Crippen molar-refractivity contribution in [1.82, 2.24) is 12.3 Å². The highest BCUT2D eigenvalue weighted by Crippen LogP contribution is 2.24. The van der Waals surface area contributed by atoms with Gasteiger partial charge in [0.2, 0.25) is 0 Å². The Balaban J connectivity index is -0.000000282. The maximum absolute atomic E-state index is 9.10. The third kappa shape index (κ3) is 9.35. The molecule has 0 saturated heterocycles. The second-order valence-corrected chi connectivity index (χ2v) is 2.97. The van der Waals surface area contributed by atoms with Gasteiger partial charge in [-0.25, -0.2) is 9.59 Å². The molecule has 1 rings (SSSR count). The molecule has 9 heteroatoms. The van der Waals surface area contributed by atoms with Gasteiger partial charge in [-0.1, -0.05) is 6.07 Å². The monoisotopic (exact) mass is 277 g/mol. The molecule has 0 unspecified atom stereocenters. The molecular formula is C10H19N3O6. The molecule has 1 aromatic rings. The molecule has 0 atom stereocenters. The smallest absolute Gasteiger partial charge is 0.414 e. The largest absolute Gasteiger partial charge is 0.504 e. The third-order valence-corrected chi connectivity index (χ3v) is 1.66. The summed E-state index contributed by atoms with van der Waals surface area (Å²) in [5, 5.41) is 32.7. The number of rotatable bonds is 2. The Labute approximate surface area is 109 Å².